The molecule has 3 atom stereocenters. The summed E-state index contributed by atoms with van der Waals surface area (Å²) in [7, 11) is 0. The van der Waals surface area contributed by atoms with Crippen LogP contribution >= 0.6 is 0 Å². The molecule has 3 aromatic rings. The second kappa shape index (κ2) is 24.0. The summed E-state index contributed by atoms with van der Waals surface area (Å²) in [6.07, 6.45) is 4.33. The first-order chi connectivity index (χ1) is 30.7. The summed E-state index contributed by atoms with van der Waals surface area (Å²) in [5.41, 5.74) is 3.57. The number of rotatable bonds is 28. The smallest absolute Gasteiger partial charge is 0.246 e. The first-order valence-corrected chi connectivity index (χ1v) is 22.7. The van der Waals surface area contributed by atoms with Crippen LogP contribution in [0.3, 0.4) is 0 Å². The van der Waals surface area contributed by atoms with E-state index in [2.05, 4.69) is 12.1 Å². The van der Waals surface area contributed by atoms with Crippen molar-refractivity contribution in [2.45, 2.75) is 116 Å². The highest BCUT2D eigenvalue weighted by Crippen LogP contribution is 2.41. The van der Waals surface area contributed by atoms with E-state index in [9.17, 15) is 10.2 Å². The molecule has 3 unspecified atom stereocenters. The standard InChI is InChI=1S/C34H50O11.C15H20O4/c1-33(2)42-29-11-9-25(19-31(29)44-33)7-5-13-38-21-27(35)23-40-17-15-37-16-18-41-24-28(36)22-39-14-6-8-26-10-12-30-32(20-26)45-34(3,4)43-30;1-15(2)18-13-6-5-11(8-14(13)19-15)4-3-7-16-9-12-10-17-12/h9-12,19-20,27-28,35-36H,5-8,13-18,21-24H2,1-4H3;5-6,8,12H,3-4,7,9-10H2,1-2H3. The number of ether oxygens (including phenoxy) is 13. The summed E-state index contributed by atoms with van der Waals surface area (Å²) in [4.78, 5) is 0. The number of hydrogen-bond acceptors (Lipinski definition) is 15. The van der Waals surface area contributed by atoms with Gasteiger partial charge in [-0.25, -0.2) is 0 Å². The van der Waals surface area contributed by atoms with Crippen molar-refractivity contribution >= 4 is 0 Å². The molecule has 0 radical (unpaired) electrons. The summed E-state index contributed by atoms with van der Waals surface area (Å²) in [6, 6.07) is 18.1. The van der Waals surface area contributed by atoms with Gasteiger partial charge in [0.15, 0.2) is 34.5 Å². The molecule has 0 bridgehead atoms. The molecular formula is C49H70O15. The molecule has 1 saturated heterocycles. The van der Waals surface area contributed by atoms with Gasteiger partial charge in [0.25, 0.3) is 0 Å². The zero-order valence-electron chi connectivity index (χ0n) is 38.6. The van der Waals surface area contributed by atoms with Gasteiger partial charge < -0.3 is 71.8 Å². The summed E-state index contributed by atoms with van der Waals surface area (Å²) < 4.78 is 72.6. The van der Waals surface area contributed by atoms with Gasteiger partial charge in [-0.05, 0) is 91.6 Å². The number of hydrogen-bond donors (Lipinski definition) is 2. The van der Waals surface area contributed by atoms with Crippen molar-refractivity contribution in [3.8, 4) is 34.5 Å². The van der Waals surface area contributed by atoms with Crippen molar-refractivity contribution in [3.63, 3.8) is 0 Å². The molecule has 0 aromatic heterocycles. The number of aryl methyl sites for hydroxylation is 3. The summed E-state index contributed by atoms with van der Waals surface area (Å²) in [5.74, 6) is 2.96. The van der Waals surface area contributed by atoms with Crippen LogP contribution in [0, 0.1) is 0 Å². The maximum Gasteiger partial charge on any atom is 0.246 e. The zero-order chi connectivity index (χ0) is 45.4. The van der Waals surface area contributed by atoms with Crippen molar-refractivity contribution < 1.29 is 71.8 Å². The molecule has 64 heavy (non-hydrogen) atoms. The molecule has 1 fully saturated rings. The Bertz CT molecular complexity index is 1770. The SMILES string of the molecule is CC1(C)Oc2ccc(CCCOCC(O)COCCOCCOCC(O)COCCCc3ccc4c(c3)OC(C)(C)O4)cc2O1.CC1(C)Oc2ccc(CCCOCC3CO3)cc2O1. The molecule has 0 aliphatic carbocycles. The van der Waals surface area contributed by atoms with E-state index in [4.69, 9.17) is 61.6 Å². The van der Waals surface area contributed by atoms with Crippen LogP contribution in [0.4, 0.5) is 0 Å². The molecule has 4 aliphatic heterocycles. The highest BCUT2D eigenvalue weighted by molar-refractivity contribution is 5.47. The quantitative estimate of drug-likeness (QED) is 0.0591. The molecule has 3 aromatic carbocycles. The van der Waals surface area contributed by atoms with Gasteiger partial charge in [-0.3, -0.25) is 0 Å². The van der Waals surface area contributed by atoms with E-state index in [-0.39, 0.29) is 26.4 Å². The molecular weight excluding hydrogens is 829 g/mol. The van der Waals surface area contributed by atoms with Gasteiger partial charge in [0, 0.05) is 61.4 Å². The van der Waals surface area contributed by atoms with Crippen molar-refractivity contribution in [1.82, 2.24) is 0 Å². The fourth-order valence-corrected chi connectivity index (χ4v) is 7.09. The Hall–Kier alpha value is -3.90. The van der Waals surface area contributed by atoms with Crippen LogP contribution in [0.15, 0.2) is 54.6 Å². The third kappa shape index (κ3) is 17.5. The average Bonchev–Trinajstić information content (AvgIpc) is 3.83. The first kappa shape index (κ1) is 49.5. The predicted octanol–water partition coefficient (Wildman–Crippen LogP) is 6.61. The fourth-order valence-electron chi connectivity index (χ4n) is 7.09. The van der Waals surface area contributed by atoms with Crippen molar-refractivity contribution in [1.29, 1.82) is 0 Å². The molecule has 4 aliphatic rings. The number of fused-ring (bicyclic) bond motifs is 3. The predicted molar refractivity (Wildman–Crippen MR) is 237 cm³/mol. The van der Waals surface area contributed by atoms with Crippen LogP contribution in [0.25, 0.3) is 0 Å². The lowest BCUT2D eigenvalue weighted by atomic mass is 10.1. The molecule has 4 heterocycles. The van der Waals surface area contributed by atoms with E-state index in [0.717, 1.165) is 104 Å². The Morgan fingerprint density at radius 3 is 1.12 bits per heavy atom. The van der Waals surface area contributed by atoms with E-state index in [1.165, 1.54) is 5.56 Å². The Balaban J connectivity index is 0.000000295. The number of aliphatic hydroxyl groups excluding tert-OH is 2. The average molecular weight is 899 g/mol. The Kier molecular flexibility index (Phi) is 18.6. The van der Waals surface area contributed by atoms with Gasteiger partial charge in [-0.1, -0.05) is 18.2 Å². The normalized spacial score (nSPS) is 18.7. The van der Waals surface area contributed by atoms with Gasteiger partial charge in [-0.2, -0.15) is 0 Å². The highest BCUT2D eigenvalue weighted by Gasteiger charge is 2.33. The molecule has 7 rings (SSSR count). The lowest BCUT2D eigenvalue weighted by Gasteiger charge is -2.16. The Morgan fingerprint density at radius 2 is 0.766 bits per heavy atom. The van der Waals surface area contributed by atoms with Gasteiger partial charge in [0.05, 0.1) is 66.1 Å². The first-order valence-electron chi connectivity index (χ1n) is 22.7. The van der Waals surface area contributed by atoms with E-state index >= 15 is 0 Å². The largest absolute Gasteiger partial charge is 0.449 e. The number of epoxide rings is 1. The summed E-state index contributed by atoms with van der Waals surface area (Å²) >= 11 is 0. The van der Waals surface area contributed by atoms with Gasteiger partial charge >= 0.3 is 0 Å². The maximum atomic E-state index is 10.1. The number of benzene rings is 3. The van der Waals surface area contributed by atoms with Gasteiger partial charge in [0.2, 0.25) is 17.4 Å². The second-order valence-electron chi connectivity index (χ2n) is 17.7. The van der Waals surface area contributed by atoms with Crippen LogP contribution in [0.2, 0.25) is 0 Å². The van der Waals surface area contributed by atoms with Crippen LogP contribution in [-0.4, -0.2) is 132 Å². The second-order valence-corrected chi connectivity index (χ2v) is 17.7. The van der Waals surface area contributed by atoms with Gasteiger partial charge in [0.1, 0.15) is 18.3 Å². The van der Waals surface area contributed by atoms with E-state index < -0.39 is 29.6 Å². The highest BCUT2D eigenvalue weighted by atomic mass is 16.7. The third-order valence-corrected chi connectivity index (χ3v) is 10.1. The minimum atomic E-state index is -0.693. The van der Waals surface area contributed by atoms with Gasteiger partial charge in [-0.15, -0.1) is 0 Å². The number of aliphatic hydroxyl groups is 2. The van der Waals surface area contributed by atoms with Crippen molar-refractivity contribution in [2.24, 2.45) is 0 Å². The van der Waals surface area contributed by atoms with Crippen LogP contribution in [-0.2, 0) is 52.4 Å². The molecule has 0 saturated carbocycles. The van der Waals surface area contributed by atoms with Crippen LogP contribution in [0.5, 0.6) is 34.5 Å². The topological polar surface area (TPSA) is 164 Å². The Morgan fingerprint density at radius 1 is 0.453 bits per heavy atom. The van der Waals surface area contributed by atoms with Crippen LogP contribution in [0.1, 0.15) is 77.5 Å². The summed E-state index contributed by atoms with van der Waals surface area (Å²) in [5, 5.41) is 20.1. The Labute approximate surface area is 378 Å². The molecule has 15 nitrogen and oxygen atoms in total. The summed E-state index contributed by atoms with van der Waals surface area (Å²) in [6.45, 7) is 17.1. The van der Waals surface area contributed by atoms with Crippen molar-refractivity contribution in [3.05, 3.63) is 71.3 Å². The van der Waals surface area contributed by atoms with E-state index in [1.807, 2.05) is 84.0 Å². The molecule has 0 amide bonds. The fraction of sp³-hybridized carbons (Fsp3) is 0.633. The van der Waals surface area contributed by atoms with Crippen molar-refractivity contribution in [2.75, 3.05) is 85.9 Å². The molecule has 0 spiro atoms. The lowest BCUT2D eigenvalue weighted by Crippen LogP contribution is -2.29. The van der Waals surface area contributed by atoms with E-state index in [1.54, 1.807) is 0 Å². The third-order valence-electron chi connectivity index (χ3n) is 10.1. The maximum absolute atomic E-state index is 10.1. The molecule has 2 N–H and O–H groups in total. The monoisotopic (exact) mass is 898 g/mol. The van der Waals surface area contributed by atoms with E-state index in [0.29, 0.717) is 45.7 Å². The zero-order valence-corrected chi connectivity index (χ0v) is 38.6. The molecule has 356 valence electrons. The lowest BCUT2D eigenvalue weighted by molar-refractivity contribution is -0.0474. The minimum absolute atomic E-state index is 0.180. The minimum Gasteiger partial charge on any atom is -0.449 e. The van der Waals surface area contributed by atoms with Crippen LogP contribution < -0.4 is 28.4 Å². The molecule has 15 heteroatoms.